The molecule has 0 spiro atoms. The van der Waals surface area contributed by atoms with Crippen LogP contribution >= 0.6 is 11.3 Å². The topological polar surface area (TPSA) is 102 Å². The van der Waals surface area contributed by atoms with Crippen molar-refractivity contribution >= 4 is 35.0 Å². The maximum absolute atomic E-state index is 14.2. The lowest BCUT2D eigenvalue weighted by Crippen LogP contribution is -2.55. The lowest BCUT2D eigenvalue weighted by Gasteiger charge is -2.27. The molecule has 0 aliphatic carbocycles. The third-order valence-electron chi connectivity index (χ3n) is 8.34. The molecule has 0 bridgehead atoms. The summed E-state index contributed by atoms with van der Waals surface area (Å²) in [5, 5.41) is 23.3. The van der Waals surface area contributed by atoms with Crippen LogP contribution in [0.15, 0.2) is 16.9 Å². The number of nitrogens with zero attached hydrogens (tertiary/aromatic N) is 5. The Morgan fingerprint density at radius 3 is 2.09 bits per heavy atom. The predicted octanol–water partition coefficient (Wildman–Crippen LogP) is 6.02. The average Bonchev–Trinajstić information content (AvgIpc) is 3.44. The number of aromatic hydroxyl groups is 1. The molecule has 2 aromatic heterocycles. The van der Waals surface area contributed by atoms with Crippen molar-refractivity contribution in [1.82, 2.24) is 9.66 Å². The van der Waals surface area contributed by atoms with E-state index in [1.807, 2.05) is 6.07 Å². The van der Waals surface area contributed by atoms with Gasteiger partial charge in [0.1, 0.15) is 11.6 Å². The van der Waals surface area contributed by atoms with E-state index in [4.69, 9.17) is 4.98 Å². The van der Waals surface area contributed by atoms with E-state index < -0.39 is 22.8 Å². The van der Waals surface area contributed by atoms with Crippen molar-refractivity contribution in [3.63, 3.8) is 0 Å². The molecule has 8 nitrogen and oxygen atoms in total. The van der Waals surface area contributed by atoms with Gasteiger partial charge in [-0.1, -0.05) is 98.3 Å². The van der Waals surface area contributed by atoms with Crippen LogP contribution in [0, 0.1) is 16.7 Å². The Balaban J connectivity index is 2.50. The van der Waals surface area contributed by atoms with E-state index in [1.54, 1.807) is 26.8 Å². The molecule has 0 radical (unpaired) electrons. The van der Waals surface area contributed by atoms with Gasteiger partial charge in [-0.05, 0) is 54.9 Å². The number of aryl methyl sites for hydroxylation is 3. The van der Waals surface area contributed by atoms with E-state index >= 15 is 0 Å². The van der Waals surface area contributed by atoms with Gasteiger partial charge in [0.2, 0.25) is 11.8 Å². The van der Waals surface area contributed by atoms with Crippen molar-refractivity contribution < 1.29 is 9.90 Å². The minimum atomic E-state index is -0.835. The number of amides is 1. The zero-order chi connectivity index (χ0) is 34.3. The second-order valence-electron chi connectivity index (χ2n) is 12.8. The normalized spacial score (nSPS) is 12.0. The summed E-state index contributed by atoms with van der Waals surface area (Å²) < 4.78 is 0.883. The standard InChI is InChI=1S/C37H51N5O3S/c1-11-16-18-41(19-17-12-2)36-39-32(31-26(14-4)20-25(13-3)21-27(31)15-5)30(46-36)22-28-24(6)29(23-38)34(44)42(33(28)43)40(10)35(45)37(7,8)9/h20-22,44H,6,11-19H2,1-5,7-10H3/b28-22-. The van der Waals surface area contributed by atoms with Crippen LogP contribution in [-0.4, -0.2) is 40.8 Å². The monoisotopic (exact) mass is 645 g/mol. The van der Waals surface area contributed by atoms with Crippen LogP contribution in [0.2, 0.25) is 0 Å². The zero-order valence-corrected chi connectivity index (χ0v) is 30.0. The van der Waals surface area contributed by atoms with Gasteiger partial charge in [-0.25, -0.2) is 9.99 Å². The fourth-order valence-corrected chi connectivity index (χ4v) is 6.67. The van der Waals surface area contributed by atoms with Gasteiger partial charge in [0.05, 0.1) is 15.8 Å². The molecule has 46 heavy (non-hydrogen) atoms. The van der Waals surface area contributed by atoms with Gasteiger partial charge in [-0.2, -0.15) is 9.94 Å². The Kier molecular flexibility index (Phi) is 12.4. The Morgan fingerprint density at radius 1 is 1.07 bits per heavy atom. The summed E-state index contributed by atoms with van der Waals surface area (Å²) in [5.74, 6) is -1.00. The summed E-state index contributed by atoms with van der Waals surface area (Å²) in [6.45, 7) is 21.8. The second kappa shape index (κ2) is 15.6. The summed E-state index contributed by atoms with van der Waals surface area (Å²) in [6, 6.07) is 6.51. The molecular formula is C37H51N5O3S. The molecule has 0 saturated heterocycles. The SMILES string of the molecule is C=c1c(C#N)c(O)n(N(C)C(=O)C(C)(C)C)c(=O)/c1=C\c1sc(N(CCCC)CCCC)nc1-c1c(CC)cc(CC)cc1CC. The van der Waals surface area contributed by atoms with Crippen molar-refractivity contribution in [2.75, 3.05) is 30.0 Å². The number of anilines is 1. The van der Waals surface area contributed by atoms with Gasteiger partial charge in [0, 0.05) is 36.3 Å². The lowest BCUT2D eigenvalue weighted by atomic mass is 9.91. The number of nitriles is 1. The van der Waals surface area contributed by atoms with E-state index in [9.17, 15) is 20.0 Å². The number of rotatable bonds is 13. The molecule has 248 valence electrons. The van der Waals surface area contributed by atoms with Crippen molar-refractivity contribution in [2.24, 2.45) is 5.41 Å². The highest BCUT2D eigenvalue weighted by atomic mass is 32.1. The fourth-order valence-electron chi connectivity index (χ4n) is 5.61. The van der Waals surface area contributed by atoms with E-state index in [-0.39, 0.29) is 16.0 Å². The van der Waals surface area contributed by atoms with E-state index in [0.29, 0.717) is 0 Å². The van der Waals surface area contributed by atoms with Crippen molar-refractivity contribution in [3.8, 4) is 23.2 Å². The smallest absolute Gasteiger partial charge is 0.280 e. The molecule has 9 heteroatoms. The third-order valence-corrected chi connectivity index (χ3v) is 9.40. The van der Waals surface area contributed by atoms with Gasteiger partial charge >= 0.3 is 0 Å². The second-order valence-corrected chi connectivity index (χ2v) is 13.8. The number of aromatic nitrogens is 2. The zero-order valence-electron chi connectivity index (χ0n) is 29.2. The molecule has 0 unspecified atom stereocenters. The van der Waals surface area contributed by atoms with Gasteiger partial charge in [-0.3, -0.25) is 9.59 Å². The van der Waals surface area contributed by atoms with Crippen LogP contribution in [0.3, 0.4) is 0 Å². The summed E-state index contributed by atoms with van der Waals surface area (Å²) in [6.07, 6.45) is 8.52. The van der Waals surface area contributed by atoms with E-state index in [2.05, 4.69) is 58.2 Å². The molecular weight excluding hydrogens is 595 g/mol. The first-order valence-electron chi connectivity index (χ1n) is 16.6. The molecule has 1 amide bonds. The van der Waals surface area contributed by atoms with E-state index in [0.717, 1.165) is 89.0 Å². The number of carbonyl (C=O) groups excluding carboxylic acids is 1. The predicted molar refractivity (Wildman–Crippen MR) is 192 cm³/mol. The molecule has 0 aliphatic rings. The Labute approximate surface area is 278 Å². The first-order valence-corrected chi connectivity index (χ1v) is 17.4. The number of unbranched alkanes of at least 4 members (excludes halogenated alkanes) is 2. The summed E-state index contributed by atoms with van der Waals surface area (Å²) in [5.41, 5.74) is 3.91. The van der Waals surface area contributed by atoms with Gasteiger partial charge in [0.25, 0.3) is 5.56 Å². The van der Waals surface area contributed by atoms with Crippen molar-refractivity contribution in [1.29, 1.82) is 5.26 Å². The molecule has 1 N–H and O–H groups in total. The molecule has 3 aromatic rings. The molecule has 0 aliphatic heterocycles. The van der Waals surface area contributed by atoms with Crippen LogP contribution < -0.4 is 25.9 Å². The van der Waals surface area contributed by atoms with Gasteiger partial charge < -0.3 is 10.0 Å². The number of thiazole rings is 1. The number of hydrogen-bond acceptors (Lipinski definition) is 7. The quantitative estimate of drug-likeness (QED) is 0.244. The molecule has 0 saturated carbocycles. The summed E-state index contributed by atoms with van der Waals surface area (Å²) in [7, 11) is 1.42. The first-order chi connectivity index (χ1) is 21.8. The molecule has 2 heterocycles. The lowest BCUT2D eigenvalue weighted by molar-refractivity contribution is -0.127. The highest BCUT2D eigenvalue weighted by Crippen LogP contribution is 2.38. The third kappa shape index (κ3) is 7.55. The Bertz CT molecular complexity index is 1740. The number of carbonyl (C=O) groups is 1. The summed E-state index contributed by atoms with van der Waals surface area (Å²) >= 11 is 1.52. The first kappa shape index (κ1) is 36.6. The average molecular weight is 646 g/mol. The van der Waals surface area contributed by atoms with Crippen LogP contribution in [0.5, 0.6) is 5.88 Å². The van der Waals surface area contributed by atoms with Crippen LogP contribution in [-0.2, 0) is 24.1 Å². The highest BCUT2D eigenvalue weighted by molar-refractivity contribution is 7.16. The highest BCUT2D eigenvalue weighted by Gasteiger charge is 2.29. The molecule has 0 atom stereocenters. The van der Waals surface area contributed by atoms with Crippen LogP contribution in [0.25, 0.3) is 23.9 Å². The minimum Gasteiger partial charge on any atom is -0.492 e. The minimum absolute atomic E-state index is 0.111. The van der Waals surface area contributed by atoms with Crippen molar-refractivity contribution in [3.05, 3.63) is 60.1 Å². The largest absolute Gasteiger partial charge is 0.492 e. The maximum atomic E-state index is 14.2. The van der Waals surface area contributed by atoms with Gasteiger partial charge in [-0.15, -0.1) is 0 Å². The summed E-state index contributed by atoms with van der Waals surface area (Å²) in [4.78, 5) is 35.8. The molecule has 1 aromatic carbocycles. The van der Waals surface area contributed by atoms with Crippen molar-refractivity contribution in [2.45, 2.75) is 100 Å². The fraction of sp³-hybridized carbons (Fsp3) is 0.514. The van der Waals surface area contributed by atoms with E-state index in [1.165, 1.54) is 35.1 Å². The molecule has 0 fully saturated rings. The number of benzene rings is 1. The van der Waals surface area contributed by atoms with Crippen LogP contribution in [0.4, 0.5) is 5.13 Å². The van der Waals surface area contributed by atoms with Gasteiger partial charge in [0.15, 0.2) is 5.13 Å². The van der Waals surface area contributed by atoms with Crippen LogP contribution in [0.1, 0.15) is 108 Å². The number of hydrogen-bond donors (Lipinski definition) is 1. The Hall–Kier alpha value is -3.90. The maximum Gasteiger partial charge on any atom is 0.280 e. The Morgan fingerprint density at radius 2 is 1.63 bits per heavy atom. The number of pyridine rings is 1. The molecule has 3 rings (SSSR count).